The van der Waals surface area contributed by atoms with Gasteiger partial charge in [0.15, 0.2) is 0 Å². The van der Waals surface area contributed by atoms with E-state index >= 15 is 0 Å². The fraction of sp³-hybridized carbons (Fsp3) is 0.0615. The quantitative estimate of drug-likeness (QED) is 0.0965. The Hall–Kier alpha value is -17.5. The minimum absolute atomic E-state index is 0.551. The summed E-state index contributed by atoms with van der Waals surface area (Å²) in [7, 11) is 0. The summed E-state index contributed by atoms with van der Waals surface area (Å²) in [4.78, 5) is 4.59. The van der Waals surface area contributed by atoms with Crippen molar-refractivity contribution in [3.05, 3.63) is 524 Å². The first kappa shape index (κ1) is 87.2. The highest BCUT2D eigenvalue weighted by Crippen LogP contribution is 2.44. The number of para-hydroxylation sites is 10. The van der Waals surface area contributed by atoms with E-state index in [1.54, 1.807) is 0 Å². The van der Waals surface area contributed by atoms with Gasteiger partial charge in [0.25, 0.3) is 0 Å². The molecule has 664 valence electrons. The third-order valence-electron chi connectivity index (χ3n) is 26.5. The van der Waals surface area contributed by atoms with Crippen LogP contribution in [0.1, 0.15) is 44.5 Å². The first-order valence-electron chi connectivity index (χ1n) is 47.3. The van der Waals surface area contributed by atoms with Crippen LogP contribution >= 0.6 is 0 Å². The first-order chi connectivity index (χ1) is 67.7. The number of aromatic nitrogens is 5. The predicted molar refractivity (Wildman–Crippen MR) is 582 cm³/mol. The topological polar surface area (TPSA) is 60.2 Å². The zero-order valence-corrected chi connectivity index (χ0v) is 78.6. The van der Waals surface area contributed by atoms with Crippen molar-refractivity contribution in [1.29, 1.82) is 0 Å². The minimum atomic E-state index is 0.551. The van der Waals surface area contributed by atoms with Crippen LogP contribution in [-0.2, 0) is 0 Å². The summed E-state index contributed by atoms with van der Waals surface area (Å²) in [6.07, 6.45) is 0. The molecule has 8 heteroatoms. The summed E-state index contributed by atoms with van der Waals surface area (Å²) in [6.45, 7) is 17.3. The van der Waals surface area contributed by atoms with Gasteiger partial charge in [-0.1, -0.05) is 326 Å². The zero-order valence-electron chi connectivity index (χ0n) is 78.6. The second kappa shape index (κ2) is 38.6. The highest BCUT2D eigenvalue weighted by molar-refractivity contribution is 6.11. The van der Waals surface area contributed by atoms with Gasteiger partial charge in [-0.25, -0.2) is 0 Å². The molecule has 24 aromatic rings. The molecule has 0 aliphatic heterocycles. The molecule has 4 heterocycles. The summed E-state index contributed by atoms with van der Waals surface area (Å²) in [5.74, 6) is 1.10. The number of hydrogen-bond donors (Lipinski definition) is 0. The van der Waals surface area contributed by atoms with Crippen molar-refractivity contribution < 1.29 is 4.42 Å². The molecule has 0 saturated heterocycles. The van der Waals surface area contributed by atoms with Gasteiger partial charge in [0.1, 0.15) is 0 Å². The van der Waals surface area contributed by atoms with E-state index in [1.807, 2.05) is 48.5 Å². The van der Waals surface area contributed by atoms with Gasteiger partial charge in [-0.3, -0.25) is 0 Å². The largest absolute Gasteiger partial charge is 0.416 e. The van der Waals surface area contributed by atoms with Crippen molar-refractivity contribution in [2.75, 3.05) is 9.80 Å². The van der Waals surface area contributed by atoms with Crippen LogP contribution < -0.4 is 9.80 Å². The van der Waals surface area contributed by atoms with Crippen molar-refractivity contribution in [2.45, 2.75) is 55.4 Å². The number of rotatable bonds is 16. The summed E-state index contributed by atoms with van der Waals surface area (Å²) in [5.41, 5.74) is 42.3. The monoisotopic (exact) mass is 1780 g/mol. The molecule has 0 bridgehead atoms. The maximum atomic E-state index is 5.71. The Morgan fingerprint density at radius 3 is 0.630 bits per heavy atom. The predicted octanol–water partition coefficient (Wildman–Crippen LogP) is 35.5. The molecule has 20 aromatic carbocycles. The average molecular weight is 1780 g/mol. The van der Waals surface area contributed by atoms with Gasteiger partial charge in [0.2, 0.25) is 11.8 Å². The Morgan fingerprint density at radius 2 is 0.377 bits per heavy atom. The number of hydrogen-bond acceptors (Lipinski definition) is 5. The Bertz CT molecular complexity index is 7820. The van der Waals surface area contributed by atoms with Crippen LogP contribution in [0.15, 0.2) is 484 Å². The van der Waals surface area contributed by atoms with Crippen LogP contribution in [0.5, 0.6) is 0 Å². The Kier molecular flexibility index (Phi) is 24.4. The van der Waals surface area contributed by atoms with Gasteiger partial charge in [0.05, 0.1) is 33.1 Å². The maximum Gasteiger partial charge on any atom is 0.248 e. The SMILES string of the molecule is Cc1cc(-c2ccc(-n3c4ccccc4c4ccccc43)cc2)c(C)cc1-c1ccc(-n2c3ccccc3c3ccccc32)cc1.Cc1cc(-c2ccc(N(c3ccccc3)c3ccccc3)cc2)c(C)cc1-c1ccc(N(c2ccccc2)c2ccccc2)cc1.Cc1ccc(-c2nnc(-c3ccc(C)cc3)o2)cc1.Cc1ccc(C)c(-c2ccc(-n3c4ccccc4c4ccccc43)cc2)c1. The highest BCUT2D eigenvalue weighted by atomic mass is 16.4. The molecule has 0 fully saturated rings. The summed E-state index contributed by atoms with van der Waals surface area (Å²) >= 11 is 0. The van der Waals surface area contributed by atoms with E-state index in [4.69, 9.17) is 4.42 Å². The summed E-state index contributed by atoms with van der Waals surface area (Å²) < 4.78 is 12.8. The summed E-state index contributed by atoms with van der Waals surface area (Å²) in [6, 6.07) is 171. The van der Waals surface area contributed by atoms with E-state index in [0.717, 1.165) is 45.3 Å². The van der Waals surface area contributed by atoms with E-state index < -0.39 is 0 Å². The van der Waals surface area contributed by atoms with Gasteiger partial charge in [-0.05, 0) is 309 Å². The molecule has 0 spiro atoms. The molecule has 0 N–H and O–H groups in total. The highest BCUT2D eigenvalue weighted by Gasteiger charge is 2.22. The normalized spacial score (nSPS) is 11.2. The average Bonchev–Trinajstić information content (AvgIpc) is 1.59. The first-order valence-corrected chi connectivity index (χ1v) is 47.3. The van der Waals surface area contributed by atoms with Gasteiger partial charge in [-0.15, -0.1) is 10.2 Å². The fourth-order valence-corrected chi connectivity index (χ4v) is 19.5. The number of benzene rings is 20. The second-order valence-electron chi connectivity index (χ2n) is 35.8. The van der Waals surface area contributed by atoms with E-state index in [-0.39, 0.29) is 0 Å². The molecule has 138 heavy (non-hydrogen) atoms. The molecule has 0 atom stereocenters. The van der Waals surface area contributed by atoms with Crippen molar-refractivity contribution in [1.82, 2.24) is 23.9 Å². The number of fused-ring (bicyclic) bond motifs is 9. The molecular weight excluding hydrogens is 1680 g/mol. The molecule has 24 rings (SSSR count). The summed E-state index contributed by atoms with van der Waals surface area (Å²) in [5, 5.41) is 15.9. The van der Waals surface area contributed by atoms with Crippen LogP contribution in [0.3, 0.4) is 0 Å². The third kappa shape index (κ3) is 17.7. The lowest BCUT2D eigenvalue weighted by Gasteiger charge is -2.26. The zero-order chi connectivity index (χ0) is 93.7. The molecule has 0 saturated carbocycles. The lowest BCUT2D eigenvalue weighted by molar-refractivity contribution is 0.584. The lowest BCUT2D eigenvalue weighted by Crippen LogP contribution is -2.09. The van der Waals surface area contributed by atoms with Crippen LogP contribution in [-0.4, -0.2) is 23.9 Å². The van der Waals surface area contributed by atoms with Gasteiger partial charge < -0.3 is 27.9 Å². The Morgan fingerprint density at radius 1 is 0.174 bits per heavy atom. The van der Waals surface area contributed by atoms with E-state index in [9.17, 15) is 0 Å². The van der Waals surface area contributed by atoms with Crippen molar-refractivity contribution in [3.8, 4) is 95.6 Å². The van der Waals surface area contributed by atoms with E-state index in [0.29, 0.717) is 11.8 Å². The van der Waals surface area contributed by atoms with Crippen LogP contribution in [0.2, 0.25) is 0 Å². The van der Waals surface area contributed by atoms with E-state index in [1.165, 1.54) is 183 Å². The number of aryl methyl sites for hydroxylation is 8. The van der Waals surface area contributed by atoms with E-state index in [2.05, 4.69) is 520 Å². The van der Waals surface area contributed by atoms with Crippen LogP contribution in [0.4, 0.5) is 34.1 Å². The molecule has 4 aromatic heterocycles. The standard InChI is InChI=1S/C44H32N2.C44H36N2.C26H21N.C16H14N2O/c1-29-27-40(32-21-25-34(26-22-32)46-43-17-9-5-13-37(43)38-14-6-10-18-44(38)46)30(2)28-39(29)31-19-23-33(24-20-31)45-41-15-7-3-11-35(41)36-12-4-8-16-42(36)45;1-33-31-44(36-25-29-42(30-26-36)46(39-19-11-5-12-20-39)40-21-13-6-14-22-40)34(2)32-43(33)35-23-27-41(28-24-35)45(37-15-7-3-8-16-37)38-17-9-4-10-18-38;1-18-11-12-19(2)24(17-18)20-13-15-21(16-14-20)27-25-9-5-3-7-22(25)23-8-4-6-10-26(23)27;1-11-3-7-13(8-4-11)15-17-18-16(19-15)14-9-5-12(2)6-10-14/h3-28H,1-2H3;3-32H,1-2H3;3-17H,1-2H3;3-10H,1-2H3. The van der Waals surface area contributed by atoms with Crippen LogP contribution in [0, 0.1) is 55.4 Å². The van der Waals surface area contributed by atoms with Crippen LogP contribution in [0.25, 0.3) is 161 Å². The third-order valence-corrected chi connectivity index (χ3v) is 26.5. The van der Waals surface area contributed by atoms with Gasteiger partial charge in [0, 0.05) is 94.6 Å². The smallest absolute Gasteiger partial charge is 0.248 e. The van der Waals surface area contributed by atoms with Crippen molar-refractivity contribution in [2.24, 2.45) is 0 Å². The van der Waals surface area contributed by atoms with Crippen molar-refractivity contribution in [3.63, 3.8) is 0 Å². The maximum absolute atomic E-state index is 5.71. The fourth-order valence-electron chi connectivity index (χ4n) is 19.5. The molecule has 0 unspecified atom stereocenters. The lowest BCUT2D eigenvalue weighted by atomic mass is 9.91. The minimum Gasteiger partial charge on any atom is -0.416 e. The molecule has 8 nitrogen and oxygen atoms in total. The number of nitrogens with zero attached hydrogens (tertiary/aromatic N) is 7. The van der Waals surface area contributed by atoms with Gasteiger partial charge >= 0.3 is 0 Å². The van der Waals surface area contributed by atoms with Gasteiger partial charge in [-0.2, -0.15) is 0 Å². The molecule has 0 aliphatic rings. The molecule has 0 radical (unpaired) electrons. The van der Waals surface area contributed by atoms with Crippen molar-refractivity contribution >= 4 is 99.5 Å². The molecule has 0 amide bonds. The number of anilines is 6. The molecule has 0 aliphatic carbocycles. The Labute approximate surface area is 806 Å². The second-order valence-corrected chi connectivity index (χ2v) is 35.8. The molecular formula is C130H103N7O. The Balaban J connectivity index is 0.000000115.